The van der Waals surface area contributed by atoms with E-state index in [4.69, 9.17) is 4.42 Å². The van der Waals surface area contributed by atoms with Gasteiger partial charge in [-0.25, -0.2) is 4.39 Å². The zero-order valence-corrected chi connectivity index (χ0v) is 9.95. The number of benzene rings is 1. The smallest absolute Gasteiger partial charge is 0.170 e. The van der Waals surface area contributed by atoms with E-state index in [-0.39, 0.29) is 5.82 Å². The topological polar surface area (TPSA) is 25.2 Å². The fourth-order valence-electron chi connectivity index (χ4n) is 3.09. The summed E-state index contributed by atoms with van der Waals surface area (Å²) in [6, 6.07) is 8.04. The van der Waals surface area contributed by atoms with Gasteiger partial charge in [0.2, 0.25) is 0 Å². The highest BCUT2D eigenvalue weighted by Crippen LogP contribution is 2.34. The first kappa shape index (κ1) is 10.3. The Bertz CT molecular complexity index is 643. The molecular formula is C15H14FNO. The van der Waals surface area contributed by atoms with Crippen LogP contribution in [0.2, 0.25) is 0 Å². The van der Waals surface area contributed by atoms with Gasteiger partial charge in [0.05, 0.1) is 0 Å². The van der Waals surface area contributed by atoms with Gasteiger partial charge in [-0.1, -0.05) is 18.2 Å². The molecule has 1 N–H and O–H groups in total. The second-order valence-corrected chi connectivity index (χ2v) is 5.21. The van der Waals surface area contributed by atoms with Gasteiger partial charge in [0.1, 0.15) is 5.76 Å². The van der Waals surface area contributed by atoms with E-state index in [1.807, 2.05) is 12.1 Å². The van der Waals surface area contributed by atoms with Gasteiger partial charge in [-0.05, 0) is 37.0 Å². The van der Waals surface area contributed by atoms with E-state index in [0.717, 1.165) is 17.6 Å². The fraction of sp³-hybridized carbons (Fsp3) is 0.333. The zero-order chi connectivity index (χ0) is 12.1. The molecule has 18 heavy (non-hydrogen) atoms. The molecule has 1 aromatic carbocycles. The molecule has 3 heteroatoms. The lowest BCUT2D eigenvalue weighted by atomic mass is 10.0. The van der Waals surface area contributed by atoms with Crippen LogP contribution in [-0.2, 0) is 0 Å². The molecule has 2 nitrogen and oxygen atoms in total. The van der Waals surface area contributed by atoms with Crippen LogP contribution >= 0.6 is 0 Å². The summed E-state index contributed by atoms with van der Waals surface area (Å²) in [6.45, 7) is 0. The van der Waals surface area contributed by atoms with Crippen molar-refractivity contribution in [2.24, 2.45) is 0 Å². The molecule has 2 aliphatic heterocycles. The van der Waals surface area contributed by atoms with Crippen molar-refractivity contribution in [3.63, 3.8) is 0 Å². The second kappa shape index (κ2) is 3.69. The molecule has 0 radical (unpaired) electrons. The van der Waals surface area contributed by atoms with Gasteiger partial charge >= 0.3 is 0 Å². The van der Waals surface area contributed by atoms with E-state index in [1.54, 1.807) is 6.07 Å². The lowest BCUT2D eigenvalue weighted by molar-refractivity contribution is 0.532. The van der Waals surface area contributed by atoms with Gasteiger partial charge < -0.3 is 9.73 Å². The summed E-state index contributed by atoms with van der Waals surface area (Å²) in [7, 11) is 0. The Morgan fingerprint density at radius 3 is 3.06 bits per heavy atom. The molecular weight excluding hydrogens is 229 g/mol. The van der Waals surface area contributed by atoms with Crippen molar-refractivity contribution in [2.45, 2.75) is 31.3 Å². The Kier molecular flexibility index (Phi) is 2.12. The minimum Gasteiger partial charge on any atom is -0.453 e. The maximum atomic E-state index is 13.6. The number of furan rings is 1. The van der Waals surface area contributed by atoms with Crippen molar-refractivity contribution < 1.29 is 8.81 Å². The normalized spacial score (nSPS) is 26.6. The lowest BCUT2D eigenvalue weighted by Gasteiger charge is -2.19. The largest absolute Gasteiger partial charge is 0.453 e. The Morgan fingerprint density at radius 1 is 1.28 bits per heavy atom. The van der Waals surface area contributed by atoms with E-state index >= 15 is 0 Å². The van der Waals surface area contributed by atoms with E-state index in [0.29, 0.717) is 17.7 Å². The van der Waals surface area contributed by atoms with Gasteiger partial charge in [0.25, 0.3) is 0 Å². The number of rotatable bonds is 1. The summed E-state index contributed by atoms with van der Waals surface area (Å²) in [5.74, 6) is 0.546. The molecule has 2 aromatic rings. The summed E-state index contributed by atoms with van der Waals surface area (Å²) in [6.07, 6.45) is 5.64. The highest BCUT2D eigenvalue weighted by Gasteiger charge is 2.29. The predicted molar refractivity (Wildman–Crippen MR) is 68.7 cm³/mol. The molecule has 0 amide bonds. The molecule has 1 saturated heterocycles. The molecule has 2 aliphatic rings. The Morgan fingerprint density at radius 2 is 2.22 bits per heavy atom. The molecule has 3 heterocycles. The molecule has 92 valence electrons. The van der Waals surface area contributed by atoms with E-state index in [1.165, 1.54) is 24.5 Å². The summed E-state index contributed by atoms with van der Waals surface area (Å²) < 4.78 is 19.3. The predicted octanol–water partition coefficient (Wildman–Crippen LogP) is 3.48. The third-order valence-corrected chi connectivity index (χ3v) is 3.96. The number of hydrogen-bond donors (Lipinski definition) is 1. The molecule has 2 atom stereocenters. The summed E-state index contributed by atoms with van der Waals surface area (Å²) >= 11 is 0. The maximum Gasteiger partial charge on any atom is 0.170 e. The number of fused-ring (bicyclic) bond motifs is 3. The van der Waals surface area contributed by atoms with Crippen LogP contribution in [0.25, 0.3) is 16.5 Å². The van der Waals surface area contributed by atoms with Crippen LogP contribution in [0, 0.1) is 5.82 Å². The minimum absolute atomic E-state index is 0.281. The number of nitrogens with one attached hydrogen (secondary N) is 1. The summed E-state index contributed by atoms with van der Waals surface area (Å²) in [5.41, 5.74) is 1.59. The first-order valence-corrected chi connectivity index (χ1v) is 6.45. The van der Waals surface area contributed by atoms with Crippen molar-refractivity contribution in [2.75, 3.05) is 0 Å². The van der Waals surface area contributed by atoms with Gasteiger partial charge in [-0.3, -0.25) is 0 Å². The molecule has 1 fully saturated rings. The quantitative estimate of drug-likeness (QED) is 0.829. The van der Waals surface area contributed by atoms with E-state index in [2.05, 4.69) is 11.4 Å². The second-order valence-electron chi connectivity index (χ2n) is 5.21. The van der Waals surface area contributed by atoms with Gasteiger partial charge in [-0.2, -0.15) is 0 Å². The van der Waals surface area contributed by atoms with Gasteiger partial charge in [0, 0.05) is 17.5 Å². The highest BCUT2D eigenvalue weighted by atomic mass is 19.1. The highest BCUT2D eigenvalue weighted by molar-refractivity contribution is 5.82. The van der Waals surface area contributed by atoms with Crippen LogP contribution in [-0.4, -0.2) is 12.1 Å². The first-order chi connectivity index (χ1) is 8.79. The van der Waals surface area contributed by atoms with Crippen molar-refractivity contribution in [3.05, 3.63) is 41.9 Å². The third kappa shape index (κ3) is 1.51. The monoisotopic (exact) mass is 243 g/mol. The molecule has 0 aliphatic carbocycles. The molecule has 0 saturated carbocycles. The zero-order valence-electron chi connectivity index (χ0n) is 9.95. The SMILES string of the molecule is Fc1cccc2cc(C3=CC4CCC(C3)N4)oc12. The van der Waals surface area contributed by atoms with E-state index < -0.39 is 0 Å². The van der Waals surface area contributed by atoms with Crippen LogP contribution in [0.5, 0.6) is 0 Å². The Hall–Kier alpha value is -1.61. The molecule has 2 unspecified atom stereocenters. The van der Waals surface area contributed by atoms with Gasteiger partial charge in [-0.15, -0.1) is 0 Å². The number of hydrogen-bond acceptors (Lipinski definition) is 2. The summed E-state index contributed by atoms with van der Waals surface area (Å²) in [5, 5.41) is 4.39. The Balaban J connectivity index is 1.81. The molecule has 1 aromatic heterocycles. The first-order valence-electron chi connectivity index (χ1n) is 6.45. The van der Waals surface area contributed by atoms with Crippen LogP contribution in [0.3, 0.4) is 0 Å². The van der Waals surface area contributed by atoms with Gasteiger partial charge in [0.15, 0.2) is 11.4 Å². The minimum atomic E-state index is -0.281. The average molecular weight is 243 g/mol. The van der Waals surface area contributed by atoms with Crippen molar-refractivity contribution in [1.82, 2.24) is 5.32 Å². The fourth-order valence-corrected chi connectivity index (χ4v) is 3.09. The molecule has 0 spiro atoms. The van der Waals surface area contributed by atoms with Crippen molar-refractivity contribution in [3.8, 4) is 0 Å². The van der Waals surface area contributed by atoms with Crippen LogP contribution in [0.15, 0.2) is 34.8 Å². The van der Waals surface area contributed by atoms with Crippen LogP contribution in [0.1, 0.15) is 25.0 Å². The number of para-hydroxylation sites is 1. The van der Waals surface area contributed by atoms with Crippen molar-refractivity contribution in [1.29, 1.82) is 0 Å². The van der Waals surface area contributed by atoms with E-state index in [9.17, 15) is 4.39 Å². The van der Waals surface area contributed by atoms with Crippen molar-refractivity contribution >= 4 is 16.5 Å². The lowest BCUT2D eigenvalue weighted by Crippen LogP contribution is -2.31. The number of halogens is 1. The maximum absolute atomic E-state index is 13.6. The Labute approximate surface area is 104 Å². The standard InChI is InChI=1S/C15H14FNO/c16-13-3-1-2-9-8-14(18-15(9)13)10-6-11-4-5-12(7-10)17-11/h1-3,6,8,11-12,17H,4-5,7H2. The average Bonchev–Trinajstić information content (AvgIpc) is 2.94. The third-order valence-electron chi connectivity index (χ3n) is 3.96. The van der Waals surface area contributed by atoms with Crippen LogP contribution in [0.4, 0.5) is 4.39 Å². The molecule has 2 bridgehead atoms. The molecule has 4 rings (SSSR count). The van der Waals surface area contributed by atoms with Crippen LogP contribution < -0.4 is 5.32 Å². The summed E-state index contributed by atoms with van der Waals surface area (Å²) in [4.78, 5) is 0.